The minimum atomic E-state index is -4.01. The number of alkyl halides is 3. The van der Waals surface area contributed by atoms with E-state index in [-0.39, 0.29) is 30.3 Å². The molecule has 36 heavy (non-hydrogen) atoms. The SMILES string of the molecule is Cc1cccc(S(=O)(=O)Nc2ccc(C)n(CC(=O)NCCO/N=C(\N)NC(=O)C(Cl)(Cl)Cl)c2=O)c1. The summed E-state index contributed by atoms with van der Waals surface area (Å²) >= 11 is 16.1. The van der Waals surface area contributed by atoms with E-state index in [2.05, 4.69) is 15.2 Å². The van der Waals surface area contributed by atoms with Gasteiger partial charge in [0.25, 0.3) is 25.3 Å². The van der Waals surface area contributed by atoms with Crippen LogP contribution in [-0.2, 0) is 31.0 Å². The Balaban J connectivity index is 1.96. The van der Waals surface area contributed by atoms with Crippen LogP contribution >= 0.6 is 34.8 Å². The van der Waals surface area contributed by atoms with Gasteiger partial charge in [-0.1, -0.05) is 46.9 Å². The lowest BCUT2D eigenvalue weighted by Gasteiger charge is -2.14. The largest absolute Gasteiger partial charge is 0.391 e. The number of hydrogen-bond acceptors (Lipinski definition) is 7. The topological polar surface area (TPSA) is 174 Å². The highest BCUT2D eigenvalue weighted by Gasteiger charge is 2.31. The summed E-state index contributed by atoms with van der Waals surface area (Å²) in [5, 5.41) is 7.87. The molecule has 1 aromatic heterocycles. The molecule has 12 nitrogen and oxygen atoms in total. The van der Waals surface area contributed by atoms with Crippen LogP contribution in [0.3, 0.4) is 0 Å². The summed E-state index contributed by atoms with van der Waals surface area (Å²) in [7, 11) is -4.01. The number of benzene rings is 1. The molecule has 196 valence electrons. The number of hydrogen-bond donors (Lipinski definition) is 4. The molecule has 0 aliphatic rings. The average molecular weight is 582 g/mol. The Hall–Kier alpha value is -3.00. The Labute approximate surface area is 221 Å². The molecule has 0 unspecified atom stereocenters. The predicted molar refractivity (Wildman–Crippen MR) is 136 cm³/mol. The molecule has 16 heteroatoms. The maximum absolute atomic E-state index is 12.8. The lowest BCUT2D eigenvalue weighted by atomic mass is 10.2. The molecule has 0 aliphatic heterocycles. The monoisotopic (exact) mass is 580 g/mol. The number of sulfonamides is 1. The van der Waals surface area contributed by atoms with Crippen LogP contribution in [-0.4, -0.2) is 47.7 Å². The van der Waals surface area contributed by atoms with E-state index in [0.29, 0.717) is 5.69 Å². The third-order valence-corrected chi connectivity index (χ3v) is 6.29. The second kappa shape index (κ2) is 12.3. The van der Waals surface area contributed by atoms with Crippen LogP contribution in [0.15, 0.2) is 51.2 Å². The number of halogens is 3. The van der Waals surface area contributed by atoms with Crippen molar-refractivity contribution in [2.75, 3.05) is 17.9 Å². The standard InChI is InChI=1S/C20H23Cl3N6O6S/c1-12-4-3-5-14(10-12)36(33,34)28-15-7-6-13(2)29(17(15)31)11-16(30)25-8-9-35-27-19(24)26-18(32)20(21,22)23/h3-7,10,28H,8-9,11H2,1-2H3,(H,25,30)(H3,24,26,27,32). The van der Waals surface area contributed by atoms with Crippen molar-refractivity contribution in [1.82, 2.24) is 15.2 Å². The molecule has 2 amide bonds. The highest BCUT2D eigenvalue weighted by atomic mass is 35.6. The number of amides is 2. The van der Waals surface area contributed by atoms with Gasteiger partial charge < -0.3 is 20.5 Å². The fourth-order valence-corrected chi connectivity index (χ4v) is 4.00. The Morgan fingerprint density at radius 2 is 1.86 bits per heavy atom. The zero-order valence-electron chi connectivity index (χ0n) is 19.0. The molecule has 0 fully saturated rings. The highest BCUT2D eigenvalue weighted by Crippen LogP contribution is 2.25. The number of nitrogens with zero attached hydrogens (tertiary/aromatic N) is 2. The Kier molecular flexibility index (Phi) is 9.99. The van der Waals surface area contributed by atoms with Crippen molar-refractivity contribution in [3.8, 4) is 0 Å². The van der Waals surface area contributed by atoms with Crippen LogP contribution < -0.4 is 26.6 Å². The van der Waals surface area contributed by atoms with Crippen molar-refractivity contribution in [2.45, 2.75) is 29.1 Å². The Morgan fingerprint density at radius 1 is 1.17 bits per heavy atom. The fraction of sp³-hybridized carbons (Fsp3) is 0.300. The average Bonchev–Trinajstić information content (AvgIpc) is 2.77. The third kappa shape index (κ3) is 8.59. The zero-order valence-corrected chi connectivity index (χ0v) is 22.1. The number of guanidine groups is 1. The molecular formula is C20H23Cl3N6O6S. The molecule has 0 bridgehead atoms. The first-order valence-corrected chi connectivity index (χ1v) is 12.7. The second-order valence-corrected chi connectivity index (χ2v) is 11.3. The van der Waals surface area contributed by atoms with Gasteiger partial charge in [-0.05, 0) is 48.8 Å². The van der Waals surface area contributed by atoms with E-state index >= 15 is 0 Å². The molecular weight excluding hydrogens is 559 g/mol. The van der Waals surface area contributed by atoms with Crippen LogP contribution in [0.2, 0.25) is 0 Å². The molecule has 2 rings (SSSR count). The molecule has 5 N–H and O–H groups in total. The van der Waals surface area contributed by atoms with Crippen LogP contribution in [0.5, 0.6) is 0 Å². The quantitative estimate of drug-likeness (QED) is 0.113. The lowest BCUT2D eigenvalue weighted by Crippen LogP contribution is -2.43. The van der Waals surface area contributed by atoms with Gasteiger partial charge in [0, 0.05) is 5.69 Å². The summed E-state index contributed by atoms with van der Waals surface area (Å²) in [5.74, 6) is -2.05. The molecule has 0 atom stereocenters. The van der Waals surface area contributed by atoms with Crippen molar-refractivity contribution in [3.63, 3.8) is 0 Å². The van der Waals surface area contributed by atoms with Crippen molar-refractivity contribution >= 4 is 68.3 Å². The van der Waals surface area contributed by atoms with E-state index < -0.39 is 37.1 Å². The molecule has 0 aliphatic carbocycles. The number of oxime groups is 1. The van der Waals surface area contributed by atoms with E-state index in [4.69, 9.17) is 45.4 Å². The smallest absolute Gasteiger partial charge is 0.278 e. The first kappa shape index (κ1) is 29.2. The Morgan fingerprint density at radius 3 is 2.50 bits per heavy atom. The molecule has 2 aromatic rings. The highest BCUT2D eigenvalue weighted by molar-refractivity contribution is 7.92. The van der Waals surface area contributed by atoms with E-state index in [1.807, 2.05) is 5.32 Å². The number of rotatable bonds is 9. The number of aromatic nitrogens is 1. The molecule has 0 radical (unpaired) electrons. The van der Waals surface area contributed by atoms with Crippen LogP contribution in [0.1, 0.15) is 11.3 Å². The van der Waals surface area contributed by atoms with Gasteiger partial charge in [-0.2, -0.15) is 0 Å². The van der Waals surface area contributed by atoms with Crippen molar-refractivity contribution in [3.05, 3.63) is 58.0 Å². The van der Waals surface area contributed by atoms with Crippen molar-refractivity contribution in [2.24, 2.45) is 10.9 Å². The Bertz CT molecular complexity index is 1320. The van der Waals surface area contributed by atoms with E-state index in [1.54, 1.807) is 26.0 Å². The number of pyridine rings is 1. The normalized spacial score (nSPS) is 12.1. The maximum atomic E-state index is 12.8. The lowest BCUT2D eigenvalue weighted by molar-refractivity contribution is -0.122. The summed E-state index contributed by atoms with van der Waals surface area (Å²) in [6.07, 6.45) is 0. The predicted octanol–water partition coefficient (Wildman–Crippen LogP) is 1.11. The second-order valence-electron chi connectivity index (χ2n) is 7.31. The van der Waals surface area contributed by atoms with Crippen molar-refractivity contribution in [1.29, 1.82) is 0 Å². The summed E-state index contributed by atoms with van der Waals surface area (Å²) in [6, 6.07) is 9.05. The molecule has 1 aromatic carbocycles. The molecule has 0 spiro atoms. The minimum absolute atomic E-state index is 0.00178. The van der Waals surface area contributed by atoms with Crippen LogP contribution in [0.4, 0.5) is 5.69 Å². The van der Waals surface area contributed by atoms with Gasteiger partial charge in [0.15, 0.2) is 0 Å². The van der Waals surface area contributed by atoms with E-state index in [1.165, 1.54) is 24.3 Å². The first-order chi connectivity index (χ1) is 16.7. The number of nitrogens with one attached hydrogen (secondary N) is 3. The van der Waals surface area contributed by atoms with Gasteiger partial charge in [0.2, 0.25) is 11.9 Å². The minimum Gasteiger partial charge on any atom is -0.391 e. The summed E-state index contributed by atoms with van der Waals surface area (Å²) < 4.78 is 26.5. The molecule has 0 saturated carbocycles. The number of nitrogens with two attached hydrogens (primary N) is 1. The van der Waals surface area contributed by atoms with Gasteiger partial charge in [-0.3, -0.25) is 24.4 Å². The number of aryl methyl sites for hydroxylation is 2. The third-order valence-electron chi connectivity index (χ3n) is 4.42. The van der Waals surface area contributed by atoms with E-state index in [0.717, 1.165) is 10.1 Å². The van der Waals surface area contributed by atoms with Gasteiger partial charge in [0.05, 0.1) is 11.4 Å². The first-order valence-electron chi connectivity index (χ1n) is 10.1. The number of carbonyl (C=O) groups excluding carboxylic acids is 2. The van der Waals surface area contributed by atoms with Crippen LogP contribution in [0, 0.1) is 13.8 Å². The number of carbonyl (C=O) groups is 2. The van der Waals surface area contributed by atoms with E-state index in [9.17, 15) is 22.8 Å². The maximum Gasteiger partial charge on any atom is 0.278 e. The van der Waals surface area contributed by atoms with Gasteiger partial charge in [0.1, 0.15) is 18.8 Å². The zero-order chi connectivity index (χ0) is 27.1. The molecule has 1 heterocycles. The van der Waals surface area contributed by atoms with Crippen molar-refractivity contribution < 1.29 is 22.8 Å². The number of anilines is 1. The van der Waals surface area contributed by atoms with Crippen LogP contribution in [0.25, 0.3) is 0 Å². The van der Waals surface area contributed by atoms with Gasteiger partial charge in [-0.25, -0.2) is 8.42 Å². The summed E-state index contributed by atoms with van der Waals surface area (Å²) in [5.41, 5.74) is 5.66. The van der Waals surface area contributed by atoms with Gasteiger partial charge >= 0.3 is 0 Å². The summed E-state index contributed by atoms with van der Waals surface area (Å²) in [4.78, 5) is 41.4. The van der Waals surface area contributed by atoms with Gasteiger partial charge in [-0.15, -0.1) is 0 Å². The fourth-order valence-electron chi connectivity index (χ4n) is 2.69. The molecule has 0 saturated heterocycles. The summed E-state index contributed by atoms with van der Waals surface area (Å²) in [6.45, 7) is 2.80.